The van der Waals surface area contributed by atoms with E-state index in [0.29, 0.717) is 12.0 Å². The van der Waals surface area contributed by atoms with Crippen molar-refractivity contribution in [3.8, 4) is 0 Å². The number of amides is 3. The molecule has 21 heavy (non-hydrogen) atoms. The normalized spacial score (nSPS) is 23.4. The standard InChI is InChI=1S/C16H29N3O2/c1-12(2)14-9-6-10-19(14)15(20)11-17-16(21)18-13-7-4-3-5-8-13/h12-14H,3-11H2,1-2H3,(H2,17,18,21). The molecule has 120 valence electrons. The number of urea groups is 1. The highest BCUT2D eigenvalue weighted by molar-refractivity contribution is 5.84. The summed E-state index contributed by atoms with van der Waals surface area (Å²) >= 11 is 0. The van der Waals surface area contributed by atoms with Gasteiger partial charge in [-0.15, -0.1) is 0 Å². The molecule has 5 nitrogen and oxygen atoms in total. The van der Waals surface area contributed by atoms with Crippen molar-refractivity contribution >= 4 is 11.9 Å². The van der Waals surface area contributed by atoms with E-state index in [2.05, 4.69) is 24.5 Å². The van der Waals surface area contributed by atoms with Gasteiger partial charge in [-0.1, -0.05) is 33.1 Å². The molecular formula is C16H29N3O2. The van der Waals surface area contributed by atoms with Gasteiger partial charge in [0.2, 0.25) is 5.91 Å². The summed E-state index contributed by atoms with van der Waals surface area (Å²) in [6, 6.07) is 0.417. The van der Waals surface area contributed by atoms with Gasteiger partial charge in [0, 0.05) is 18.6 Å². The summed E-state index contributed by atoms with van der Waals surface area (Å²) in [7, 11) is 0. The van der Waals surface area contributed by atoms with Crippen LogP contribution >= 0.6 is 0 Å². The Hall–Kier alpha value is -1.26. The number of carbonyl (C=O) groups excluding carboxylic acids is 2. The van der Waals surface area contributed by atoms with Gasteiger partial charge in [-0.05, 0) is 31.6 Å². The molecule has 2 N–H and O–H groups in total. The lowest BCUT2D eigenvalue weighted by Gasteiger charge is -2.28. The minimum atomic E-state index is -0.199. The summed E-state index contributed by atoms with van der Waals surface area (Å²) < 4.78 is 0. The molecule has 0 spiro atoms. The van der Waals surface area contributed by atoms with E-state index in [0.717, 1.165) is 32.2 Å². The molecule has 0 aromatic heterocycles. The van der Waals surface area contributed by atoms with Crippen LogP contribution in [0.2, 0.25) is 0 Å². The smallest absolute Gasteiger partial charge is 0.315 e. The predicted molar refractivity (Wildman–Crippen MR) is 83.0 cm³/mol. The fourth-order valence-electron chi connectivity index (χ4n) is 3.54. The number of hydrogen-bond donors (Lipinski definition) is 2. The van der Waals surface area contributed by atoms with E-state index in [1.165, 1.54) is 19.3 Å². The first-order valence-electron chi connectivity index (χ1n) is 8.41. The lowest BCUT2D eigenvalue weighted by molar-refractivity contribution is -0.131. The van der Waals surface area contributed by atoms with Crippen molar-refractivity contribution in [3.63, 3.8) is 0 Å². The van der Waals surface area contributed by atoms with Gasteiger partial charge in [-0.25, -0.2) is 4.79 Å². The maximum Gasteiger partial charge on any atom is 0.315 e. The van der Waals surface area contributed by atoms with Gasteiger partial charge in [-0.2, -0.15) is 0 Å². The van der Waals surface area contributed by atoms with Gasteiger partial charge < -0.3 is 15.5 Å². The molecule has 0 aromatic carbocycles. The quantitative estimate of drug-likeness (QED) is 0.836. The second kappa shape index (κ2) is 7.66. The molecule has 1 saturated heterocycles. The zero-order valence-electron chi connectivity index (χ0n) is 13.4. The maximum atomic E-state index is 12.2. The number of likely N-dealkylation sites (tertiary alicyclic amines) is 1. The molecule has 0 bridgehead atoms. The van der Waals surface area contributed by atoms with Crippen molar-refractivity contribution in [1.29, 1.82) is 0 Å². The molecule has 2 fully saturated rings. The molecule has 0 radical (unpaired) electrons. The molecule has 2 rings (SSSR count). The first-order chi connectivity index (χ1) is 10.1. The molecule has 1 heterocycles. The SMILES string of the molecule is CC(C)C1CCCN1C(=O)CNC(=O)NC1CCCCC1. The molecule has 2 aliphatic rings. The van der Waals surface area contributed by atoms with Crippen LogP contribution in [0.3, 0.4) is 0 Å². The molecule has 1 atom stereocenters. The lowest BCUT2D eigenvalue weighted by atomic mass is 9.96. The van der Waals surface area contributed by atoms with Crippen molar-refractivity contribution < 1.29 is 9.59 Å². The Labute approximate surface area is 127 Å². The van der Waals surface area contributed by atoms with Gasteiger partial charge in [0.1, 0.15) is 0 Å². The van der Waals surface area contributed by atoms with E-state index in [1.807, 2.05) is 4.90 Å². The number of nitrogens with zero attached hydrogens (tertiary/aromatic N) is 1. The average molecular weight is 295 g/mol. The minimum absolute atomic E-state index is 0.0463. The summed E-state index contributed by atoms with van der Waals surface area (Å²) in [5.41, 5.74) is 0. The van der Waals surface area contributed by atoms with Gasteiger partial charge in [0.15, 0.2) is 0 Å². The van der Waals surface area contributed by atoms with Crippen LogP contribution in [0.25, 0.3) is 0 Å². The van der Waals surface area contributed by atoms with Gasteiger partial charge in [-0.3, -0.25) is 4.79 Å². The Morgan fingerprint density at radius 1 is 1.10 bits per heavy atom. The third-order valence-corrected chi connectivity index (χ3v) is 4.73. The Morgan fingerprint density at radius 2 is 1.81 bits per heavy atom. The highest BCUT2D eigenvalue weighted by atomic mass is 16.2. The number of carbonyl (C=O) groups is 2. The predicted octanol–water partition coefficient (Wildman–Crippen LogP) is 2.27. The van der Waals surface area contributed by atoms with Crippen LogP contribution in [0, 0.1) is 5.92 Å². The molecule has 0 aromatic rings. The van der Waals surface area contributed by atoms with E-state index < -0.39 is 0 Å². The highest BCUT2D eigenvalue weighted by Crippen LogP contribution is 2.23. The molecule has 3 amide bonds. The van der Waals surface area contributed by atoms with Crippen LogP contribution in [0.5, 0.6) is 0 Å². The number of nitrogens with one attached hydrogen (secondary N) is 2. The third-order valence-electron chi connectivity index (χ3n) is 4.73. The van der Waals surface area contributed by atoms with Crippen LogP contribution in [0.1, 0.15) is 58.8 Å². The van der Waals surface area contributed by atoms with Crippen molar-refractivity contribution in [2.75, 3.05) is 13.1 Å². The van der Waals surface area contributed by atoms with Crippen LogP contribution < -0.4 is 10.6 Å². The first kappa shape index (κ1) is 16.1. The van der Waals surface area contributed by atoms with E-state index in [-0.39, 0.29) is 24.5 Å². The van der Waals surface area contributed by atoms with E-state index in [9.17, 15) is 9.59 Å². The van der Waals surface area contributed by atoms with E-state index >= 15 is 0 Å². The van der Waals surface area contributed by atoms with Crippen LogP contribution in [0.4, 0.5) is 4.79 Å². The average Bonchev–Trinajstić information content (AvgIpc) is 2.95. The van der Waals surface area contributed by atoms with Gasteiger partial charge in [0.05, 0.1) is 6.54 Å². The minimum Gasteiger partial charge on any atom is -0.338 e. The summed E-state index contributed by atoms with van der Waals surface area (Å²) in [4.78, 5) is 26.0. The van der Waals surface area contributed by atoms with Crippen LogP contribution in [-0.4, -0.2) is 42.0 Å². The fraction of sp³-hybridized carbons (Fsp3) is 0.875. The third kappa shape index (κ3) is 4.61. The summed E-state index contributed by atoms with van der Waals surface area (Å²) in [6.07, 6.45) is 7.91. The van der Waals surface area contributed by atoms with Crippen molar-refractivity contribution in [2.24, 2.45) is 5.92 Å². The molecule has 1 aliphatic heterocycles. The lowest BCUT2D eigenvalue weighted by Crippen LogP contribution is -2.48. The second-order valence-electron chi connectivity index (χ2n) is 6.70. The number of rotatable bonds is 4. The van der Waals surface area contributed by atoms with E-state index in [4.69, 9.17) is 0 Å². The van der Waals surface area contributed by atoms with E-state index in [1.54, 1.807) is 0 Å². The molecule has 1 aliphatic carbocycles. The van der Waals surface area contributed by atoms with Crippen molar-refractivity contribution in [3.05, 3.63) is 0 Å². The summed E-state index contributed by atoms with van der Waals surface area (Å²) in [5, 5.41) is 5.70. The molecule has 5 heteroatoms. The summed E-state index contributed by atoms with van der Waals surface area (Å²) in [5.74, 6) is 0.525. The zero-order chi connectivity index (χ0) is 15.2. The van der Waals surface area contributed by atoms with Crippen molar-refractivity contribution in [2.45, 2.75) is 70.9 Å². The molecule has 1 unspecified atom stereocenters. The Bertz CT molecular complexity index is 365. The Kier molecular flexibility index (Phi) is 5.88. The molecule has 1 saturated carbocycles. The molecular weight excluding hydrogens is 266 g/mol. The summed E-state index contributed by atoms with van der Waals surface area (Å²) in [6.45, 7) is 5.24. The van der Waals surface area contributed by atoms with Gasteiger partial charge in [0.25, 0.3) is 0 Å². The maximum absolute atomic E-state index is 12.2. The second-order valence-corrected chi connectivity index (χ2v) is 6.70. The largest absolute Gasteiger partial charge is 0.338 e. The fourth-order valence-corrected chi connectivity index (χ4v) is 3.54. The zero-order valence-corrected chi connectivity index (χ0v) is 13.4. The first-order valence-corrected chi connectivity index (χ1v) is 8.41. The van der Waals surface area contributed by atoms with Crippen molar-refractivity contribution in [1.82, 2.24) is 15.5 Å². The number of hydrogen-bond acceptors (Lipinski definition) is 2. The topological polar surface area (TPSA) is 61.4 Å². The monoisotopic (exact) mass is 295 g/mol. The highest BCUT2D eigenvalue weighted by Gasteiger charge is 2.30. The van der Waals surface area contributed by atoms with Crippen LogP contribution in [0.15, 0.2) is 0 Å². The van der Waals surface area contributed by atoms with Gasteiger partial charge >= 0.3 is 6.03 Å². The Balaban J connectivity index is 1.71. The van der Waals surface area contributed by atoms with Crippen LogP contribution in [-0.2, 0) is 4.79 Å². The Morgan fingerprint density at radius 3 is 2.48 bits per heavy atom.